The van der Waals surface area contributed by atoms with Gasteiger partial charge in [-0.3, -0.25) is 14.5 Å². The molecule has 1 fully saturated rings. The van der Waals surface area contributed by atoms with Crippen LogP contribution in [0.5, 0.6) is 0 Å². The summed E-state index contributed by atoms with van der Waals surface area (Å²) in [5.41, 5.74) is 0.863. The third kappa shape index (κ3) is 4.26. The Morgan fingerprint density at radius 1 is 1.42 bits per heavy atom. The van der Waals surface area contributed by atoms with Crippen molar-refractivity contribution in [2.45, 2.75) is 18.5 Å². The molecule has 0 radical (unpaired) electrons. The fourth-order valence-corrected chi connectivity index (χ4v) is 3.43. The molecule has 1 aromatic carbocycles. The van der Waals surface area contributed by atoms with Gasteiger partial charge < -0.3 is 15.3 Å². The van der Waals surface area contributed by atoms with Gasteiger partial charge in [-0.05, 0) is 45.3 Å². The summed E-state index contributed by atoms with van der Waals surface area (Å²) >= 11 is 6.07. The number of carbonyl (C=O) groups excluding carboxylic acids is 1. The predicted octanol–water partition coefficient (Wildman–Crippen LogP) is 1.46. The summed E-state index contributed by atoms with van der Waals surface area (Å²) in [6.07, 6.45) is 0.289. The van der Waals surface area contributed by atoms with Gasteiger partial charge in [-0.2, -0.15) is 0 Å². The zero-order valence-electron chi connectivity index (χ0n) is 14.2. The Bertz CT molecular complexity index is 608. The number of hydrogen-bond acceptors (Lipinski definition) is 4. The zero-order chi connectivity index (χ0) is 17.9. The number of nitrogens with one attached hydrogen (secondary N) is 1. The molecule has 132 valence electrons. The summed E-state index contributed by atoms with van der Waals surface area (Å²) in [6.45, 7) is 1.27. The molecule has 1 aromatic rings. The van der Waals surface area contributed by atoms with E-state index in [0.29, 0.717) is 11.6 Å². The zero-order valence-corrected chi connectivity index (χ0v) is 15.0. The van der Waals surface area contributed by atoms with Gasteiger partial charge in [0.15, 0.2) is 0 Å². The van der Waals surface area contributed by atoms with Crippen molar-refractivity contribution in [1.29, 1.82) is 0 Å². The van der Waals surface area contributed by atoms with E-state index < -0.39 is 17.9 Å². The maximum absolute atomic E-state index is 12.6. The molecular formula is C17H24ClN3O3. The molecule has 24 heavy (non-hydrogen) atoms. The third-order valence-electron chi connectivity index (χ3n) is 4.46. The average Bonchev–Trinajstić information content (AvgIpc) is 2.84. The lowest BCUT2D eigenvalue weighted by Crippen LogP contribution is -2.38. The number of carbonyl (C=O) groups is 2. The van der Waals surface area contributed by atoms with Crippen LogP contribution in [-0.4, -0.2) is 67.1 Å². The number of carboxylic acid groups (broad SMARTS) is 1. The van der Waals surface area contributed by atoms with Crippen molar-refractivity contribution < 1.29 is 14.7 Å². The Labute approximate surface area is 147 Å². The lowest BCUT2D eigenvalue weighted by molar-refractivity contribution is -0.142. The van der Waals surface area contributed by atoms with Crippen molar-refractivity contribution in [1.82, 2.24) is 15.1 Å². The molecule has 0 aromatic heterocycles. The van der Waals surface area contributed by atoms with Crippen LogP contribution < -0.4 is 5.32 Å². The van der Waals surface area contributed by atoms with Crippen LogP contribution in [0.1, 0.15) is 18.0 Å². The van der Waals surface area contributed by atoms with Crippen molar-refractivity contribution in [3.8, 4) is 0 Å². The smallest absolute Gasteiger partial charge is 0.320 e. The average molecular weight is 354 g/mol. The van der Waals surface area contributed by atoms with Gasteiger partial charge in [0, 0.05) is 24.2 Å². The summed E-state index contributed by atoms with van der Waals surface area (Å²) < 4.78 is 0. The van der Waals surface area contributed by atoms with Gasteiger partial charge in [-0.1, -0.05) is 23.7 Å². The SMILES string of the molecule is CN(C)CCNC(=O)[C@H]1C[C@@H](C(=O)O)N(C)[C@H]1c1cccc(Cl)c1. The van der Waals surface area contributed by atoms with Crippen LogP contribution in [0, 0.1) is 5.92 Å². The number of rotatable bonds is 6. The van der Waals surface area contributed by atoms with Crippen LogP contribution in [0.4, 0.5) is 0 Å². The summed E-state index contributed by atoms with van der Waals surface area (Å²) in [4.78, 5) is 27.9. The molecule has 0 saturated carbocycles. The molecule has 6 nitrogen and oxygen atoms in total. The highest BCUT2D eigenvalue weighted by Gasteiger charge is 2.46. The van der Waals surface area contributed by atoms with Gasteiger partial charge in [0.25, 0.3) is 0 Å². The fourth-order valence-electron chi connectivity index (χ4n) is 3.23. The number of hydrogen-bond donors (Lipinski definition) is 2. The Balaban J connectivity index is 2.22. The number of carboxylic acids is 1. The van der Waals surface area contributed by atoms with Crippen LogP contribution in [0.15, 0.2) is 24.3 Å². The number of nitrogens with zero attached hydrogens (tertiary/aromatic N) is 2. The lowest BCUT2D eigenvalue weighted by Gasteiger charge is -2.26. The Morgan fingerprint density at radius 3 is 2.71 bits per heavy atom. The largest absolute Gasteiger partial charge is 0.480 e. The van der Waals surface area contributed by atoms with E-state index in [2.05, 4.69) is 5.32 Å². The van der Waals surface area contributed by atoms with E-state index in [1.54, 1.807) is 24.1 Å². The fraction of sp³-hybridized carbons (Fsp3) is 0.529. The van der Waals surface area contributed by atoms with E-state index >= 15 is 0 Å². The molecular weight excluding hydrogens is 330 g/mol. The van der Waals surface area contributed by atoms with E-state index in [-0.39, 0.29) is 18.4 Å². The Morgan fingerprint density at radius 2 is 2.12 bits per heavy atom. The van der Waals surface area contributed by atoms with Crippen LogP contribution in [0.25, 0.3) is 0 Å². The van der Waals surface area contributed by atoms with Gasteiger partial charge in [-0.15, -0.1) is 0 Å². The molecule has 1 heterocycles. The normalized spacial score (nSPS) is 24.3. The van der Waals surface area contributed by atoms with E-state index in [9.17, 15) is 14.7 Å². The number of halogens is 1. The number of likely N-dealkylation sites (tertiary alicyclic amines) is 1. The summed E-state index contributed by atoms with van der Waals surface area (Å²) in [5.74, 6) is -1.44. The van der Waals surface area contributed by atoms with Crippen molar-refractivity contribution >= 4 is 23.5 Å². The van der Waals surface area contributed by atoms with Crippen LogP contribution in [0.2, 0.25) is 5.02 Å². The van der Waals surface area contributed by atoms with Gasteiger partial charge in [0.1, 0.15) is 6.04 Å². The van der Waals surface area contributed by atoms with E-state index in [1.165, 1.54) is 0 Å². The molecule has 0 spiro atoms. The summed E-state index contributed by atoms with van der Waals surface area (Å²) in [7, 11) is 5.62. The maximum Gasteiger partial charge on any atom is 0.320 e. The van der Waals surface area contributed by atoms with Crippen molar-refractivity contribution in [3.63, 3.8) is 0 Å². The highest BCUT2D eigenvalue weighted by atomic mass is 35.5. The molecule has 1 aliphatic rings. The Hall–Kier alpha value is -1.63. The van der Waals surface area contributed by atoms with Crippen LogP contribution in [-0.2, 0) is 9.59 Å². The number of aliphatic carboxylic acids is 1. The van der Waals surface area contributed by atoms with Gasteiger partial charge >= 0.3 is 5.97 Å². The number of amides is 1. The highest BCUT2D eigenvalue weighted by molar-refractivity contribution is 6.30. The van der Waals surface area contributed by atoms with Gasteiger partial charge in [0.2, 0.25) is 5.91 Å². The predicted molar refractivity (Wildman–Crippen MR) is 93.1 cm³/mol. The van der Waals surface area contributed by atoms with Crippen LogP contribution >= 0.6 is 11.6 Å². The first-order chi connectivity index (χ1) is 11.3. The third-order valence-corrected chi connectivity index (χ3v) is 4.69. The van der Waals surface area contributed by atoms with E-state index in [1.807, 2.05) is 31.1 Å². The molecule has 1 aliphatic heterocycles. The molecule has 7 heteroatoms. The minimum absolute atomic E-state index is 0.113. The summed E-state index contributed by atoms with van der Waals surface area (Å²) in [6, 6.07) is 6.29. The molecule has 0 aliphatic carbocycles. The number of likely N-dealkylation sites (N-methyl/N-ethyl adjacent to an activating group) is 2. The molecule has 0 bridgehead atoms. The molecule has 2 N–H and O–H groups in total. The van der Waals surface area contributed by atoms with Crippen molar-refractivity contribution in [2.24, 2.45) is 5.92 Å². The van der Waals surface area contributed by atoms with Crippen molar-refractivity contribution in [3.05, 3.63) is 34.9 Å². The van der Waals surface area contributed by atoms with E-state index in [4.69, 9.17) is 11.6 Å². The minimum atomic E-state index is -0.909. The van der Waals surface area contributed by atoms with Gasteiger partial charge in [0.05, 0.1) is 5.92 Å². The molecule has 3 atom stereocenters. The number of benzene rings is 1. The maximum atomic E-state index is 12.6. The summed E-state index contributed by atoms with van der Waals surface area (Å²) in [5, 5.41) is 12.9. The van der Waals surface area contributed by atoms with Crippen molar-refractivity contribution in [2.75, 3.05) is 34.2 Å². The standard InChI is InChI=1S/C17H24ClN3O3/c1-20(2)8-7-19-16(22)13-10-14(17(23)24)21(3)15(13)11-5-4-6-12(18)9-11/h4-6,9,13-15H,7-8,10H2,1-3H3,(H,19,22)(H,23,24)/t13-,14-,15-/m0/s1. The highest BCUT2D eigenvalue weighted by Crippen LogP contribution is 2.40. The van der Waals surface area contributed by atoms with Crippen LogP contribution in [0.3, 0.4) is 0 Å². The topological polar surface area (TPSA) is 72.9 Å². The quantitative estimate of drug-likeness (QED) is 0.810. The van der Waals surface area contributed by atoms with Gasteiger partial charge in [-0.25, -0.2) is 0 Å². The first-order valence-corrected chi connectivity index (χ1v) is 8.31. The molecule has 0 unspecified atom stereocenters. The first-order valence-electron chi connectivity index (χ1n) is 7.94. The second kappa shape index (κ2) is 7.96. The lowest BCUT2D eigenvalue weighted by atomic mass is 9.92. The molecule has 1 saturated heterocycles. The second-order valence-electron chi connectivity index (χ2n) is 6.46. The monoisotopic (exact) mass is 353 g/mol. The molecule has 1 amide bonds. The second-order valence-corrected chi connectivity index (χ2v) is 6.89. The first kappa shape index (κ1) is 18.7. The molecule has 2 rings (SSSR count). The van der Waals surface area contributed by atoms with E-state index in [0.717, 1.165) is 12.1 Å². The Kier molecular flexibility index (Phi) is 6.21. The minimum Gasteiger partial charge on any atom is -0.480 e.